The van der Waals surface area contributed by atoms with E-state index >= 15 is 0 Å². The predicted molar refractivity (Wildman–Crippen MR) is 90.1 cm³/mol. The maximum Gasteiger partial charge on any atom is 0.135 e. The van der Waals surface area contributed by atoms with Crippen molar-refractivity contribution in [2.45, 2.75) is 58.5 Å². The molecule has 0 bridgehead atoms. The minimum absolute atomic E-state index is 0.347. The molecule has 2 atom stereocenters. The highest BCUT2D eigenvalue weighted by atomic mass is 35.5. The first-order chi connectivity index (χ1) is 10.2. The number of alkyl halides is 1. The predicted octanol–water partition coefficient (Wildman–Crippen LogP) is 5.32. The summed E-state index contributed by atoms with van der Waals surface area (Å²) in [5.74, 6) is 8.66. The van der Waals surface area contributed by atoms with Crippen molar-refractivity contribution in [3.8, 4) is 17.6 Å². The third-order valence-corrected chi connectivity index (χ3v) is 4.37. The fourth-order valence-electron chi connectivity index (χ4n) is 2.95. The molecule has 1 saturated carbocycles. The molecule has 0 aliphatic heterocycles. The van der Waals surface area contributed by atoms with Gasteiger partial charge in [-0.2, -0.15) is 0 Å². The molecule has 0 heterocycles. The molecule has 0 radical (unpaired) electrons. The summed E-state index contributed by atoms with van der Waals surface area (Å²) in [6.07, 6.45) is 7.30. The summed E-state index contributed by atoms with van der Waals surface area (Å²) in [5, 5.41) is 0. The van der Waals surface area contributed by atoms with Crippen LogP contribution >= 0.6 is 11.6 Å². The molecule has 114 valence electrons. The molecule has 1 aromatic carbocycles. The molecule has 0 saturated heterocycles. The van der Waals surface area contributed by atoms with Gasteiger partial charge >= 0.3 is 0 Å². The summed E-state index contributed by atoms with van der Waals surface area (Å²) < 4.78 is 6.27. The average molecular weight is 305 g/mol. The van der Waals surface area contributed by atoms with Crippen molar-refractivity contribution < 1.29 is 4.74 Å². The molecule has 1 nitrogen and oxygen atoms in total. The largest absolute Gasteiger partial charge is 0.489 e. The summed E-state index contributed by atoms with van der Waals surface area (Å²) in [7, 11) is 0. The van der Waals surface area contributed by atoms with Crippen LogP contribution in [0.25, 0.3) is 0 Å². The Hall–Kier alpha value is -1.13. The standard InChI is InChI=1S/C19H25ClO/c1-3-16-7-6-9-18(14-16)21-19-11-10-15(2)13-17(19)8-4-5-12-20/h10-11,13,16,18H,3,5-7,9,12,14H2,1-2H3. The minimum atomic E-state index is 0.347. The van der Waals surface area contributed by atoms with Crippen LogP contribution in [0, 0.1) is 24.7 Å². The van der Waals surface area contributed by atoms with Gasteiger partial charge in [0.25, 0.3) is 0 Å². The molecule has 0 N–H and O–H groups in total. The number of benzene rings is 1. The second kappa shape index (κ2) is 8.35. The lowest BCUT2D eigenvalue weighted by Crippen LogP contribution is -2.25. The van der Waals surface area contributed by atoms with Gasteiger partial charge in [0.05, 0.1) is 11.7 Å². The number of hydrogen-bond donors (Lipinski definition) is 0. The Morgan fingerprint density at radius 3 is 2.95 bits per heavy atom. The van der Waals surface area contributed by atoms with Gasteiger partial charge < -0.3 is 4.74 Å². The summed E-state index contributed by atoms with van der Waals surface area (Å²) in [5.41, 5.74) is 2.21. The van der Waals surface area contributed by atoms with Gasteiger partial charge in [-0.05, 0) is 49.8 Å². The van der Waals surface area contributed by atoms with Gasteiger partial charge in [-0.15, -0.1) is 11.6 Å². The molecule has 0 aromatic heterocycles. The SMILES string of the molecule is CCC1CCCC(Oc2ccc(C)cc2C#CCCCl)C1. The Labute approximate surface area is 134 Å². The lowest BCUT2D eigenvalue weighted by Gasteiger charge is -2.29. The zero-order valence-corrected chi connectivity index (χ0v) is 13.9. The van der Waals surface area contributed by atoms with E-state index in [0.29, 0.717) is 12.0 Å². The van der Waals surface area contributed by atoms with Crippen LogP contribution in [0.4, 0.5) is 0 Å². The third-order valence-electron chi connectivity index (χ3n) is 4.18. The molecule has 1 aliphatic rings. The van der Waals surface area contributed by atoms with Crippen LogP contribution in [-0.2, 0) is 0 Å². The minimum Gasteiger partial charge on any atom is -0.489 e. The smallest absolute Gasteiger partial charge is 0.135 e. The van der Waals surface area contributed by atoms with E-state index in [9.17, 15) is 0 Å². The lowest BCUT2D eigenvalue weighted by atomic mass is 9.85. The summed E-state index contributed by atoms with van der Waals surface area (Å²) in [6.45, 7) is 4.37. The van der Waals surface area contributed by atoms with Crippen LogP contribution in [0.2, 0.25) is 0 Å². The van der Waals surface area contributed by atoms with E-state index in [1.807, 2.05) is 0 Å². The highest BCUT2D eigenvalue weighted by molar-refractivity contribution is 6.18. The average Bonchev–Trinajstić information content (AvgIpc) is 2.50. The lowest BCUT2D eigenvalue weighted by molar-refractivity contribution is 0.122. The fraction of sp³-hybridized carbons (Fsp3) is 0.579. The first-order valence-corrected chi connectivity index (χ1v) is 8.58. The fourth-order valence-corrected chi connectivity index (χ4v) is 3.04. The van der Waals surface area contributed by atoms with E-state index in [-0.39, 0.29) is 0 Å². The van der Waals surface area contributed by atoms with Gasteiger partial charge in [-0.3, -0.25) is 0 Å². The molecule has 0 amide bonds. The van der Waals surface area contributed by atoms with Gasteiger partial charge in [0.15, 0.2) is 0 Å². The first-order valence-electron chi connectivity index (χ1n) is 8.05. The number of aryl methyl sites for hydroxylation is 1. The maximum absolute atomic E-state index is 6.27. The Morgan fingerprint density at radius 2 is 2.19 bits per heavy atom. The Morgan fingerprint density at radius 1 is 1.33 bits per heavy atom. The molecule has 1 aliphatic carbocycles. The Balaban J connectivity index is 2.10. The van der Waals surface area contributed by atoms with Crippen molar-refractivity contribution in [2.75, 3.05) is 5.88 Å². The number of halogens is 1. The van der Waals surface area contributed by atoms with Crippen LogP contribution in [0.15, 0.2) is 18.2 Å². The third kappa shape index (κ3) is 4.97. The topological polar surface area (TPSA) is 9.23 Å². The summed E-state index contributed by atoms with van der Waals surface area (Å²) in [4.78, 5) is 0. The van der Waals surface area contributed by atoms with E-state index in [4.69, 9.17) is 16.3 Å². The molecule has 0 spiro atoms. The number of rotatable bonds is 4. The van der Waals surface area contributed by atoms with Crippen LogP contribution < -0.4 is 4.74 Å². The quantitative estimate of drug-likeness (QED) is 0.540. The van der Waals surface area contributed by atoms with Crippen LogP contribution in [0.1, 0.15) is 56.6 Å². The van der Waals surface area contributed by atoms with E-state index in [1.165, 1.54) is 37.7 Å². The first kappa shape index (κ1) is 16.2. The van der Waals surface area contributed by atoms with Gasteiger partial charge in [-0.25, -0.2) is 0 Å². The van der Waals surface area contributed by atoms with E-state index < -0.39 is 0 Å². The molecule has 21 heavy (non-hydrogen) atoms. The van der Waals surface area contributed by atoms with Crippen LogP contribution in [0.3, 0.4) is 0 Å². The van der Waals surface area contributed by atoms with Crippen molar-refractivity contribution in [1.29, 1.82) is 0 Å². The van der Waals surface area contributed by atoms with E-state index in [0.717, 1.165) is 23.7 Å². The molecule has 1 fully saturated rings. The Kier molecular flexibility index (Phi) is 6.46. The Bertz CT molecular complexity index is 512. The highest BCUT2D eigenvalue weighted by Gasteiger charge is 2.22. The van der Waals surface area contributed by atoms with E-state index in [1.54, 1.807) is 0 Å². The molecule has 2 heteroatoms. The van der Waals surface area contributed by atoms with Crippen molar-refractivity contribution in [3.05, 3.63) is 29.3 Å². The summed E-state index contributed by atoms with van der Waals surface area (Å²) in [6, 6.07) is 6.27. The number of ether oxygens (including phenoxy) is 1. The molecule has 1 aromatic rings. The molecular formula is C19H25ClO. The van der Waals surface area contributed by atoms with Crippen LogP contribution in [-0.4, -0.2) is 12.0 Å². The van der Waals surface area contributed by atoms with Crippen LogP contribution in [0.5, 0.6) is 5.75 Å². The van der Waals surface area contributed by atoms with Gasteiger partial charge in [-0.1, -0.05) is 37.7 Å². The monoisotopic (exact) mass is 304 g/mol. The molecule has 2 unspecified atom stereocenters. The maximum atomic E-state index is 6.27. The summed E-state index contributed by atoms with van der Waals surface area (Å²) >= 11 is 5.69. The van der Waals surface area contributed by atoms with Gasteiger partial charge in [0.1, 0.15) is 5.75 Å². The molecule has 2 rings (SSSR count). The van der Waals surface area contributed by atoms with Gasteiger partial charge in [0, 0.05) is 12.3 Å². The normalized spacial score (nSPS) is 21.5. The zero-order chi connectivity index (χ0) is 15.1. The zero-order valence-electron chi connectivity index (χ0n) is 13.1. The second-order valence-electron chi connectivity index (χ2n) is 5.92. The van der Waals surface area contributed by atoms with E-state index in [2.05, 4.69) is 43.9 Å². The highest BCUT2D eigenvalue weighted by Crippen LogP contribution is 2.31. The second-order valence-corrected chi connectivity index (χ2v) is 6.30. The van der Waals surface area contributed by atoms with Gasteiger partial charge in [0.2, 0.25) is 0 Å². The van der Waals surface area contributed by atoms with Crippen molar-refractivity contribution in [1.82, 2.24) is 0 Å². The number of hydrogen-bond acceptors (Lipinski definition) is 1. The van der Waals surface area contributed by atoms with Crippen molar-refractivity contribution in [2.24, 2.45) is 5.92 Å². The van der Waals surface area contributed by atoms with Crippen molar-refractivity contribution in [3.63, 3.8) is 0 Å². The van der Waals surface area contributed by atoms with Crippen molar-refractivity contribution >= 4 is 11.6 Å². The molecular weight excluding hydrogens is 280 g/mol.